The van der Waals surface area contributed by atoms with E-state index in [2.05, 4.69) is 10.2 Å². The highest BCUT2D eigenvalue weighted by atomic mass is 16.6. The molecule has 0 aliphatic carbocycles. The van der Waals surface area contributed by atoms with E-state index in [9.17, 15) is 19.7 Å². The van der Waals surface area contributed by atoms with Crippen LogP contribution in [0.3, 0.4) is 0 Å². The predicted molar refractivity (Wildman–Crippen MR) is 105 cm³/mol. The molecule has 0 saturated carbocycles. The van der Waals surface area contributed by atoms with E-state index >= 15 is 0 Å². The third-order valence-corrected chi connectivity index (χ3v) is 4.73. The van der Waals surface area contributed by atoms with Gasteiger partial charge < -0.3 is 15.1 Å². The first kappa shape index (κ1) is 19.3. The van der Waals surface area contributed by atoms with Crippen molar-refractivity contribution in [3.8, 4) is 0 Å². The number of hydrogen-bond acceptors (Lipinski definition) is 5. The first-order chi connectivity index (χ1) is 13.4. The lowest BCUT2D eigenvalue weighted by Crippen LogP contribution is -2.48. The normalized spacial score (nSPS) is 13.9. The minimum atomic E-state index is -0.415. The van der Waals surface area contributed by atoms with E-state index in [1.165, 1.54) is 19.1 Å². The largest absolute Gasteiger partial charge is 0.368 e. The van der Waals surface area contributed by atoms with Crippen molar-refractivity contribution < 1.29 is 14.5 Å². The number of non-ortho nitro benzene ring substituents is 1. The molecule has 2 aromatic rings. The van der Waals surface area contributed by atoms with Crippen molar-refractivity contribution in [3.05, 3.63) is 69.8 Å². The standard InChI is InChI=1S/C20H22N4O4/c1-15(25)21-14-16-2-4-17(5-3-16)20(26)23-12-10-22(11-13-23)18-6-8-19(9-7-18)24(27)28/h2-9H,10-14H2,1H3,(H,21,25). The van der Waals surface area contributed by atoms with E-state index in [1.807, 2.05) is 17.0 Å². The van der Waals surface area contributed by atoms with Crippen LogP contribution in [0.4, 0.5) is 11.4 Å². The molecule has 1 aliphatic heterocycles. The maximum absolute atomic E-state index is 12.7. The molecule has 0 unspecified atom stereocenters. The molecular weight excluding hydrogens is 360 g/mol. The van der Waals surface area contributed by atoms with Crippen LogP contribution in [0.1, 0.15) is 22.8 Å². The van der Waals surface area contributed by atoms with Gasteiger partial charge in [-0.3, -0.25) is 19.7 Å². The number of carbonyl (C=O) groups is 2. The van der Waals surface area contributed by atoms with Gasteiger partial charge in [0.25, 0.3) is 11.6 Å². The molecule has 0 radical (unpaired) electrons. The summed E-state index contributed by atoms with van der Waals surface area (Å²) in [7, 11) is 0. The molecule has 1 aliphatic rings. The Morgan fingerprint density at radius 3 is 2.14 bits per heavy atom. The Morgan fingerprint density at radius 1 is 1.00 bits per heavy atom. The summed E-state index contributed by atoms with van der Waals surface area (Å²) < 4.78 is 0. The molecule has 28 heavy (non-hydrogen) atoms. The Hall–Kier alpha value is -3.42. The highest BCUT2D eigenvalue weighted by molar-refractivity contribution is 5.94. The molecule has 0 bridgehead atoms. The fraction of sp³-hybridized carbons (Fsp3) is 0.300. The molecule has 0 atom stereocenters. The maximum Gasteiger partial charge on any atom is 0.269 e. The van der Waals surface area contributed by atoms with Gasteiger partial charge in [0.1, 0.15) is 0 Å². The van der Waals surface area contributed by atoms with E-state index in [-0.39, 0.29) is 17.5 Å². The molecule has 1 saturated heterocycles. The number of hydrogen-bond donors (Lipinski definition) is 1. The molecule has 1 heterocycles. The first-order valence-electron chi connectivity index (χ1n) is 9.06. The highest BCUT2D eigenvalue weighted by Gasteiger charge is 2.22. The SMILES string of the molecule is CC(=O)NCc1ccc(C(=O)N2CCN(c3ccc([N+](=O)[O-])cc3)CC2)cc1. The minimum absolute atomic E-state index is 0.0190. The third kappa shape index (κ3) is 4.64. The minimum Gasteiger partial charge on any atom is -0.368 e. The van der Waals surface area contributed by atoms with Crippen molar-refractivity contribution in [1.29, 1.82) is 0 Å². The van der Waals surface area contributed by atoms with Crippen molar-refractivity contribution in [2.75, 3.05) is 31.1 Å². The highest BCUT2D eigenvalue weighted by Crippen LogP contribution is 2.21. The molecule has 0 aromatic heterocycles. The molecule has 8 nitrogen and oxygen atoms in total. The number of piperazine rings is 1. The van der Waals surface area contributed by atoms with Crippen LogP contribution in [0.5, 0.6) is 0 Å². The van der Waals surface area contributed by atoms with Crippen LogP contribution in [-0.2, 0) is 11.3 Å². The zero-order valence-corrected chi connectivity index (χ0v) is 15.6. The van der Waals surface area contributed by atoms with Gasteiger partial charge in [-0.1, -0.05) is 12.1 Å². The number of rotatable bonds is 5. The summed E-state index contributed by atoms with van der Waals surface area (Å²) in [4.78, 5) is 37.9. The molecule has 1 fully saturated rings. The molecule has 2 amide bonds. The van der Waals surface area contributed by atoms with Crippen LogP contribution in [0.25, 0.3) is 0 Å². The van der Waals surface area contributed by atoms with Crippen LogP contribution in [-0.4, -0.2) is 47.8 Å². The molecular formula is C20H22N4O4. The fourth-order valence-electron chi connectivity index (χ4n) is 3.13. The van der Waals surface area contributed by atoms with E-state index in [0.717, 1.165) is 11.3 Å². The van der Waals surface area contributed by atoms with Gasteiger partial charge in [0.05, 0.1) is 4.92 Å². The monoisotopic (exact) mass is 382 g/mol. The second kappa shape index (κ2) is 8.51. The van der Waals surface area contributed by atoms with Crippen LogP contribution in [0.15, 0.2) is 48.5 Å². The summed E-state index contributed by atoms with van der Waals surface area (Å²) in [6, 6.07) is 13.7. The van der Waals surface area contributed by atoms with Gasteiger partial charge in [-0.05, 0) is 29.8 Å². The van der Waals surface area contributed by atoms with Crippen molar-refractivity contribution in [3.63, 3.8) is 0 Å². The first-order valence-corrected chi connectivity index (χ1v) is 9.06. The maximum atomic E-state index is 12.7. The Balaban J connectivity index is 1.56. The Labute approximate surface area is 162 Å². The quantitative estimate of drug-likeness (QED) is 0.632. The number of nitro groups is 1. The number of nitro benzene ring substituents is 1. The molecule has 0 spiro atoms. The zero-order chi connectivity index (χ0) is 20.1. The Morgan fingerprint density at radius 2 is 1.61 bits per heavy atom. The second-order valence-corrected chi connectivity index (χ2v) is 6.66. The molecule has 1 N–H and O–H groups in total. The van der Waals surface area contributed by atoms with E-state index < -0.39 is 4.92 Å². The van der Waals surface area contributed by atoms with Gasteiger partial charge in [0.15, 0.2) is 0 Å². The van der Waals surface area contributed by atoms with Crippen molar-refractivity contribution >= 4 is 23.2 Å². The summed E-state index contributed by atoms with van der Waals surface area (Å²) >= 11 is 0. The Kier molecular flexibility index (Phi) is 5.88. The topological polar surface area (TPSA) is 95.8 Å². The summed E-state index contributed by atoms with van der Waals surface area (Å²) in [6.07, 6.45) is 0. The van der Waals surface area contributed by atoms with Crippen LogP contribution in [0, 0.1) is 10.1 Å². The van der Waals surface area contributed by atoms with Gasteiger partial charge in [-0.2, -0.15) is 0 Å². The number of amides is 2. The van der Waals surface area contributed by atoms with Crippen LogP contribution >= 0.6 is 0 Å². The van der Waals surface area contributed by atoms with E-state index in [4.69, 9.17) is 0 Å². The Bertz CT molecular complexity index is 857. The second-order valence-electron chi connectivity index (χ2n) is 6.66. The molecule has 3 rings (SSSR count). The fourth-order valence-corrected chi connectivity index (χ4v) is 3.13. The van der Waals surface area contributed by atoms with E-state index in [0.29, 0.717) is 38.3 Å². The number of benzene rings is 2. The number of anilines is 1. The van der Waals surface area contributed by atoms with Gasteiger partial charge in [-0.25, -0.2) is 0 Å². The average Bonchev–Trinajstić information content (AvgIpc) is 2.72. The zero-order valence-electron chi connectivity index (χ0n) is 15.6. The third-order valence-electron chi connectivity index (χ3n) is 4.73. The lowest BCUT2D eigenvalue weighted by Gasteiger charge is -2.36. The van der Waals surface area contributed by atoms with Gasteiger partial charge >= 0.3 is 0 Å². The number of carbonyl (C=O) groups excluding carboxylic acids is 2. The number of nitrogens with one attached hydrogen (secondary N) is 1. The summed E-state index contributed by atoms with van der Waals surface area (Å²) in [5, 5.41) is 13.5. The summed E-state index contributed by atoms with van der Waals surface area (Å²) in [5.41, 5.74) is 2.55. The van der Waals surface area contributed by atoms with Crippen LogP contribution in [0.2, 0.25) is 0 Å². The van der Waals surface area contributed by atoms with E-state index in [1.54, 1.807) is 24.3 Å². The van der Waals surface area contributed by atoms with Crippen LogP contribution < -0.4 is 10.2 Å². The molecule has 8 heteroatoms. The average molecular weight is 382 g/mol. The lowest BCUT2D eigenvalue weighted by atomic mass is 10.1. The lowest BCUT2D eigenvalue weighted by molar-refractivity contribution is -0.384. The summed E-state index contributed by atoms with van der Waals surface area (Å²) in [6.45, 7) is 4.42. The van der Waals surface area contributed by atoms with Gasteiger partial charge in [0, 0.05) is 63.0 Å². The predicted octanol–water partition coefficient (Wildman–Crippen LogP) is 2.19. The smallest absolute Gasteiger partial charge is 0.269 e. The number of nitrogens with zero attached hydrogens (tertiary/aromatic N) is 3. The van der Waals surface area contributed by atoms with Crippen molar-refractivity contribution in [2.24, 2.45) is 0 Å². The summed E-state index contributed by atoms with van der Waals surface area (Å²) in [5.74, 6) is -0.111. The molecule has 146 valence electrons. The van der Waals surface area contributed by atoms with Gasteiger partial charge in [-0.15, -0.1) is 0 Å². The van der Waals surface area contributed by atoms with Crippen molar-refractivity contribution in [1.82, 2.24) is 10.2 Å². The van der Waals surface area contributed by atoms with Gasteiger partial charge in [0.2, 0.25) is 5.91 Å². The molecule has 2 aromatic carbocycles. The van der Waals surface area contributed by atoms with Crippen molar-refractivity contribution in [2.45, 2.75) is 13.5 Å².